The molecular weight excluding hydrogens is 538 g/mol. The van der Waals surface area contributed by atoms with Crippen molar-refractivity contribution in [1.82, 2.24) is 14.8 Å². The number of thioether (sulfide) groups is 1. The van der Waals surface area contributed by atoms with Crippen LogP contribution in [0.15, 0.2) is 108 Å². The Bertz CT molecular complexity index is 1520. The fourth-order valence-electron chi connectivity index (χ4n) is 3.92. The van der Waals surface area contributed by atoms with Gasteiger partial charge in [-0.1, -0.05) is 95.6 Å². The molecule has 1 atom stereocenters. The second-order valence-corrected chi connectivity index (χ2v) is 10.0. The highest BCUT2D eigenvalue weighted by molar-refractivity contribution is 7.99. The maximum Gasteiger partial charge on any atom is 0.416 e. The van der Waals surface area contributed by atoms with Gasteiger partial charge in [0.15, 0.2) is 11.0 Å². The quantitative estimate of drug-likeness (QED) is 0.196. The highest BCUT2D eigenvalue weighted by atomic mass is 35.5. The third-order valence-corrected chi connectivity index (χ3v) is 7.51. The van der Waals surface area contributed by atoms with Crippen molar-refractivity contribution in [2.45, 2.75) is 16.6 Å². The van der Waals surface area contributed by atoms with Crippen LogP contribution in [0.2, 0.25) is 10.0 Å². The first-order valence-corrected chi connectivity index (χ1v) is 12.8. The van der Waals surface area contributed by atoms with E-state index in [0.29, 0.717) is 26.6 Å². The van der Waals surface area contributed by atoms with Gasteiger partial charge in [0, 0.05) is 10.6 Å². The molecule has 5 rings (SSSR count). The van der Waals surface area contributed by atoms with Crippen LogP contribution in [-0.4, -0.2) is 14.8 Å². The Morgan fingerprint density at radius 1 is 0.730 bits per heavy atom. The van der Waals surface area contributed by atoms with Crippen LogP contribution >= 0.6 is 35.0 Å². The zero-order valence-corrected chi connectivity index (χ0v) is 21.4. The topological polar surface area (TPSA) is 30.7 Å². The van der Waals surface area contributed by atoms with E-state index < -0.39 is 11.7 Å². The van der Waals surface area contributed by atoms with Crippen molar-refractivity contribution in [1.29, 1.82) is 0 Å². The summed E-state index contributed by atoms with van der Waals surface area (Å²) in [4.78, 5) is 0. The Balaban J connectivity index is 1.68. The molecule has 0 saturated carbocycles. The number of aromatic nitrogens is 3. The summed E-state index contributed by atoms with van der Waals surface area (Å²) in [5.74, 6) is 0.343. The van der Waals surface area contributed by atoms with Crippen LogP contribution in [0.25, 0.3) is 17.1 Å². The fourth-order valence-corrected chi connectivity index (χ4v) is 5.45. The zero-order valence-electron chi connectivity index (χ0n) is 19.0. The summed E-state index contributed by atoms with van der Waals surface area (Å²) in [6.07, 6.45) is -4.50. The largest absolute Gasteiger partial charge is 0.416 e. The first kappa shape index (κ1) is 25.4. The van der Waals surface area contributed by atoms with E-state index in [0.717, 1.165) is 23.3 Å². The molecule has 0 aliphatic carbocycles. The van der Waals surface area contributed by atoms with Gasteiger partial charge in [0.05, 0.1) is 21.5 Å². The second-order valence-electron chi connectivity index (χ2n) is 8.13. The summed E-state index contributed by atoms with van der Waals surface area (Å²) >= 11 is 14.0. The molecule has 1 aromatic heterocycles. The fraction of sp³-hybridized carbons (Fsp3) is 0.0714. The van der Waals surface area contributed by atoms with Crippen LogP contribution < -0.4 is 0 Å². The zero-order chi connectivity index (χ0) is 26.0. The Labute approximate surface area is 225 Å². The Morgan fingerprint density at radius 2 is 1.41 bits per heavy atom. The van der Waals surface area contributed by atoms with Gasteiger partial charge in [-0.25, -0.2) is 0 Å². The number of benzene rings is 4. The summed E-state index contributed by atoms with van der Waals surface area (Å²) in [5, 5.41) is 10.00. The normalized spacial score (nSPS) is 12.5. The van der Waals surface area contributed by atoms with Crippen LogP contribution in [0.4, 0.5) is 13.2 Å². The van der Waals surface area contributed by atoms with Crippen LogP contribution in [0.5, 0.6) is 0 Å². The number of hydrogen-bond donors (Lipinski definition) is 0. The molecule has 0 bridgehead atoms. The highest BCUT2D eigenvalue weighted by Gasteiger charge is 2.31. The lowest BCUT2D eigenvalue weighted by molar-refractivity contribution is -0.137. The maximum absolute atomic E-state index is 13.6. The summed E-state index contributed by atoms with van der Waals surface area (Å²) in [7, 11) is 0. The third-order valence-electron chi connectivity index (χ3n) is 5.68. The van der Waals surface area contributed by atoms with E-state index in [1.165, 1.54) is 17.8 Å². The number of hydrogen-bond acceptors (Lipinski definition) is 3. The van der Waals surface area contributed by atoms with Crippen molar-refractivity contribution in [2.75, 3.05) is 0 Å². The van der Waals surface area contributed by atoms with Crippen LogP contribution in [-0.2, 0) is 6.18 Å². The SMILES string of the molecule is FC(F)(F)c1cccc(-n2c(S[C@H](c3ccccc3)c3ccc(Cl)cc3)nnc2-c2ccccc2Cl)c1. The molecule has 0 unspecified atom stereocenters. The Hall–Kier alpha value is -3.26. The van der Waals surface area contributed by atoms with E-state index in [-0.39, 0.29) is 10.9 Å². The molecule has 0 N–H and O–H groups in total. The number of alkyl halides is 3. The van der Waals surface area contributed by atoms with Crippen molar-refractivity contribution in [3.8, 4) is 17.1 Å². The van der Waals surface area contributed by atoms with Gasteiger partial charge < -0.3 is 0 Å². The summed E-state index contributed by atoms with van der Waals surface area (Å²) in [5.41, 5.74) is 2.02. The molecule has 9 heteroatoms. The molecular formula is C28H18Cl2F3N3S. The molecule has 0 aliphatic rings. The second kappa shape index (κ2) is 10.6. The molecule has 0 amide bonds. The average Bonchev–Trinajstić information content (AvgIpc) is 3.31. The van der Waals surface area contributed by atoms with Crippen molar-refractivity contribution < 1.29 is 13.2 Å². The summed E-state index contributed by atoms with van der Waals surface area (Å²) in [6.45, 7) is 0. The molecule has 0 radical (unpaired) electrons. The van der Waals surface area contributed by atoms with E-state index in [2.05, 4.69) is 10.2 Å². The molecule has 186 valence electrons. The van der Waals surface area contributed by atoms with Crippen LogP contribution in [0.3, 0.4) is 0 Å². The Kier molecular flexibility index (Phi) is 7.29. The van der Waals surface area contributed by atoms with Gasteiger partial charge in [0.2, 0.25) is 0 Å². The van der Waals surface area contributed by atoms with Gasteiger partial charge in [0.25, 0.3) is 0 Å². The maximum atomic E-state index is 13.6. The lowest BCUT2D eigenvalue weighted by Crippen LogP contribution is -2.08. The minimum absolute atomic E-state index is 0.230. The molecule has 1 heterocycles. The molecule has 0 fully saturated rings. The van der Waals surface area contributed by atoms with Gasteiger partial charge in [-0.3, -0.25) is 4.57 Å². The molecule has 0 aliphatic heterocycles. The summed E-state index contributed by atoms with van der Waals surface area (Å²) < 4.78 is 42.4. The first-order chi connectivity index (χ1) is 17.8. The van der Waals surface area contributed by atoms with Crippen LogP contribution in [0.1, 0.15) is 21.9 Å². The summed E-state index contributed by atoms with van der Waals surface area (Å²) in [6, 6.07) is 29.4. The molecule has 5 aromatic rings. The average molecular weight is 556 g/mol. The molecule has 4 aromatic carbocycles. The third kappa shape index (κ3) is 5.54. The molecule has 0 spiro atoms. The van der Waals surface area contributed by atoms with E-state index in [1.807, 2.05) is 42.5 Å². The highest BCUT2D eigenvalue weighted by Crippen LogP contribution is 2.43. The van der Waals surface area contributed by atoms with Gasteiger partial charge in [-0.15, -0.1) is 10.2 Å². The minimum Gasteiger partial charge on any atom is -0.270 e. The van der Waals surface area contributed by atoms with Crippen LogP contribution in [0, 0.1) is 0 Å². The van der Waals surface area contributed by atoms with E-state index in [4.69, 9.17) is 23.2 Å². The van der Waals surface area contributed by atoms with Gasteiger partial charge in [0.1, 0.15) is 0 Å². The monoisotopic (exact) mass is 555 g/mol. The van der Waals surface area contributed by atoms with Crippen molar-refractivity contribution in [2.24, 2.45) is 0 Å². The first-order valence-electron chi connectivity index (χ1n) is 11.2. The molecule has 37 heavy (non-hydrogen) atoms. The Morgan fingerprint density at radius 3 is 2.11 bits per heavy atom. The predicted octanol–water partition coefficient (Wildman–Crippen LogP) is 9.14. The minimum atomic E-state index is -4.50. The van der Waals surface area contributed by atoms with E-state index in [1.54, 1.807) is 47.0 Å². The number of rotatable bonds is 6. The smallest absolute Gasteiger partial charge is 0.270 e. The molecule has 0 saturated heterocycles. The van der Waals surface area contributed by atoms with Gasteiger partial charge in [-0.05, 0) is 53.6 Å². The van der Waals surface area contributed by atoms with E-state index in [9.17, 15) is 13.2 Å². The molecule has 3 nitrogen and oxygen atoms in total. The van der Waals surface area contributed by atoms with Crippen molar-refractivity contribution in [3.05, 3.63) is 130 Å². The number of halogens is 5. The van der Waals surface area contributed by atoms with Gasteiger partial charge in [-0.2, -0.15) is 13.2 Å². The predicted molar refractivity (Wildman–Crippen MR) is 142 cm³/mol. The lowest BCUT2D eigenvalue weighted by Gasteiger charge is -2.19. The standard InChI is InChI=1S/C28H18Cl2F3N3S/c29-21-15-13-19(14-16-21)25(18-7-2-1-3-8-18)37-27-35-34-26(23-11-4-5-12-24(23)30)36(27)22-10-6-9-20(17-22)28(31,32)33/h1-17,25H/t25-/m1/s1. The van der Waals surface area contributed by atoms with Gasteiger partial charge >= 0.3 is 6.18 Å². The lowest BCUT2D eigenvalue weighted by atomic mass is 10.0. The van der Waals surface area contributed by atoms with Crippen molar-refractivity contribution >= 4 is 35.0 Å². The van der Waals surface area contributed by atoms with Crippen molar-refractivity contribution in [3.63, 3.8) is 0 Å². The number of nitrogens with zero attached hydrogens (tertiary/aromatic N) is 3. The van der Waals surface area contributed by atoms with E-state index >= 15 is 0 Å².